The van der Waals surface area contributed by atoms with Gasteiger partial charge in [0.15, 0.2) is 5.82 Å². The van der Waals surface area contributed by atoms with Crippen LogP contribution in [0.2, 0.25) is 0 Å². The molecule has 0 saturated carbocycles. The van der Waals surface area contributed by atoms with Crippen LogP contribution < -0.4 is 5.32 Å². The van der Waals surface area contributed by atoms with Gasteiger partial charge in [-0.15, -0.1) is 0 Å². The molecule has 0 spiro atoms. The molecular weight excluding hydrogens is 238 g/mol. The number of nitrogens with zero attached hydrogens (tertiary/aromatic N) is 4. The summed E-state index contributed by atoms with van der Waals surface area (Å²) in [5, 5.41) is 16.3. The third kappa shape index (κ3) is 2.24. The fourth-order valence-electron chi connectivity index (χ4n) is 1.93. The fourth-order valence-corrected chi connectivity index (χ4v) is 1.93. The lowest BCUT2D eigenvalue weighted by atomic mass is 10.1. The van der Waals surface area contributed by atoms with Gasteiger partial charge in [-0.25, -0.2) is 9.50 Å². The zero-order chi connectivity index (χ0) is 13.1. The van der Waals surface area contributed by atoms with Gasteiger partial charge in [-0.1, -0.05) is 12.1 Å². The van der Waals surface area contributed by atoms with Crippen LogP contribution in [0.4, 0.5) is 5.82 Å². The molecule has 0 amide bonds. The van der Waals surface area contributed by atoms with E-state index in [2.05, 4.69) is 21.5 Å². The molecule has 3 aromatic rings. The summed E-state index contributed by atoms with van der Waals surface area (Å²) in [4.78, 5) is 4.30. The highest BCUT2D eigenvalue weighted by molar-refractivity contribution is 5.66. The molecule has 0 aliphatic heterocycles. The highest BCUT2D eigenvalue weighted by Crippen LogP contribution is 2.14. The molecule has 3 rings (SSSR count). The monoisotopic (exact) mass is 249 g/mol. The van der Waals surface area contributed by atoms with Crippen molar-refractivity contribution in [3.05, 3.63) is 60.0 Å². The van der Waals surface area contributed by atoms with Crippen molar-refractivity contribution in [1.29, 1.82) is 5.26 Å². The van der Waals surface area contributed by atoms with Gasteiger partial charge in [0.25, 0.3) is 0 Å². The maximum Gasteiger partial charge on any atom is 0.152 e. The van der Waals surface area contributed by atoms with Crippen molar-refractivity contribution in [2.45, 2.75) is 6.54 Å². The van der Waals surface area contributed by atoms with Crippen LogP contribution in [-0.4, -0.2) is 14.6 Å². The van der Waals surface area contributed by atoms with Gasteiger partial charge >= 0.3 is 0 Å². The van der Waals surface area contributed by atoms with Gasteiger partial charge in [0.1, 0.15) is 5.52 Å². The van der Waals surface area contributed by atoms with E-state index in [0.717, 1.165) is 16.9 Å². The second-order valence-corrected chi connectivity index (χ2v) is 4.10. The number of nitrogens with one attached hydrogen (secondary N) is 1. The smallest absolute Gasteiger partial charge is 0.152 e. The molecule has 2 heterocycles. The Labute approximate surface area is 110 Å². The van der Waals surface area contributed by atoms with E-state index in [1.807, 2.05) is 24.3 Å². The maximum atomic E-state index is 8.87. The van der Waals surface area contributed by atoms with Crippen LogP contribution in [0.1, 0.15) is 11.1 Å². The summed E-state index contributed by atoms with van der Waals surface area (Å²) in [6.07, 6.45) is 5.24. The Balaban J connectivity index is 1.82. The number of rotatable bonds is 3. The van der Waals surface area contributed by atoms with Gasteiger partial charge in [0.2, 0.25) is 0 Å². The van der Waals surface area contributed by atoms with Gasteiger partial charge in [-0.05, 0) is 23.8 Å². The molecule has 0 atom stereocenters. The van der Waals surface area contributed by atoms with E-state index in [1.165, 1.54) is 0 Å². The molecule has 0 aliphatic carbocycles. The first-order valence-corrected chi connectivity index (χ1v) is 5.88. The molecule has 92 valence electrons. The molecule has 1 aromatic carbocycles. The van der Waals surface area contributed by atoms with Crippen LogP contribution in [-0.2, 0) is 6.54 Å². The number of nitriles is 1. The van der Waals surface area contributed by atoms with Gasteiger partial charge in [-0.2, -0.15) is 10.4 Å². The molecule has 5 heteroatoms. The van der Waals surface area contributed by atoms with E-state index in [4.69, 9.17) is 5.26 Å². The minimum Gasteiger partial charge on any atom is -0.364 e. The SMILES string of the molecule is N#Cc1cccc(CNc2nccn3nccc23)c1. The van der Waals surface area contributed by atoms with Crippen molar-refractivity contribution >= 4 is 11.3 Å². The number of aromatic nitrogens is 3. The van der Waals surface area contributed by atoms with E-state index >= 15 is 0 Å². The molecule has 19 heavy (non-hydrogen) atoms. The van der Waals surface area contributed by atoms with Crippen LogP contribution in [0.3, 0.4) is 0 Å². The highest BCUT2D eigenvalue weighted by Gasteiger charge is 2.02. The zero-order valence-corrected chi connectivity index (χ0v) is 10.1. The van der Waals surface area contributed by atoms with Gasteiger partial charge < -0.3 is 5.32 Å². The van der Waals surface area contributed by atoms with E-state index < -0.39 is 0 Å². The Morgan fingerprint density at radius 2 is 2.21 bits per heavy atom. The molecule has 0 unspecified atom stereocenters. The minimum absolute atomic E-state index is 0.618. The lowest BCUT2D eigenvalue weighted by Crippen LogP contribution is -2.03. The maximum absolute atomic E-state index is 8.87. The van der Waals surface area contributed by atoms with E-state index in [1.54, 1.807) is 29.2 Å². The molecule has 0 radical (unpaired) electrons. The van der Waals surface area contributed by atoms with Gasteiger partial charge in [-0.3, -0.25) is 0 Å². The Kier molecular flexibility index (Phi) is 2.83. The van der Waals surface area contributed by atoms with Gasteiger partial charge in [0, 0.05) is 18.9 Å². The zero-order valence-electron chi connectivity index (χ0n) is 10.1. The van der Waals surface area contributed by atoms with Crippen LogP contribution >= 0.6 is 0 Å². The normalized spacial score (nSPS) is 10.3. The first-order valence-electron chi connectivity index (χ1n) is 5.88. The summed E-state index contributed by atoms with van der Waals surface area (Å²) in [6, 6.07) is 11.5. The molecule has 0 aliphatic rings. The minimum atomic E-state index is 0.618. The van der Waals surface area contributed by atoms with Crippen LogP contribution in [0.15, 0.2) is 48.9 Å². The number of anilines is 1. The summed E-state index contributed by atoms with van der Waals surface area (Å²) in [5.74, 6) is 0.780. The number of benzene rings is 1. The molecule has 5 nitrogen and oxygen atoms in total. The Bertz CT molecular complexity index is 754. The summed E-state index contributed by atoms with van der Waals surface area (Å²) in [7, 11) is 0. The second kappa shape index (κ2) is 4.78. The lowest BCUT2D eigenvalue weighted by Gasteiger charge is -2.07. The molecule has 0 saturated heterocycles. The third-order valence-corrected chi connectivity index (χ3v) is 2.84. The topological polar surface area (TPSA) is 66.0 Å². The van der Waals surface area contributed by atoms with E-state index in [-0.39, 0.29) is 0 Å². The average Bonchev–Trinajstić information content (AvgIpc) is 2.94. The van der Waals surface area contributed by atoms with Gasteiger partial charge in [0.05, 0.1) is 17.8 Å². The molecule has 0 bridgehead atoms. The quantitative estimate of drug-likeness (QED) is 0.772. The molecule has 1 N–H and O–H groups in total. The van der Waals surface area contributed by atoms with Crippen LogP contribution in [0.25, 0.3) is 5.52 Å². The van der Waals surface area contributed by atoms with Crippen molar-refractivity contribution in [2.24, 2.45) is 0 Å². The van der Waals surface area contributed by atoms with E-state index in [9.17, 15) is 0 Å². The Morgan fingerprint density at radius 3 is 3.11 bits per heavy atom. The predicted octanol–water partition coefficient (Wildman–Crippen LogP) is 2.21. The largest absolute Gasteiger partial charge is 0.364 e. The summed E-state index contributed by atoms with van der Waals surface area (Å²) in [6.45, 7) is 0.618. The average molecular weight is 249 g/mol. The number of hydrogen-bond donors (Lipinski definition) is 1. The van der Waals surface area contributed by atoms with Crippen molar-refractivity contribution in [1.82, 2.24) is 14.6 Å². The summed E-state index contributed by atoms with van der Waals surface area (Å²) >= 11 is 0. The van der Waals surface area contributed by atoms with Crippen LogP contribution in [0, 0.1) is 11.3 Å². The second-order valence-electron chi connectivity index (χ2n) is 4.10. The first kappa shape index (κ1) is 11.2. The lowest BCUT2D eigenvalue weighted by molar-refractivity contribution is 0.942. The predicted molar refractivity (Wildman–Crippen MR) is 71.5 cm³/mol. The Hall–Kier alpha value is -2.87. The van der Waals surface area contributed by atoms with Crippen LogP contribution in [0.5, 0.6) is 0 Å². The molecule has 0 fully saturated rings. The highest BCUT2D eigenvalue weighted by atomic mass is 15.2. The summed E-state index contributed by atoms with van der Waals surface area (Å²) in [5.41, 5.74) is 2.64. The van der Waals surface area contributed by atoms with E-state index in [0.29, 0.717) is 12.1 Å². The van der Waals surface area contributed by atoms with Crippen molar-refractivity contribution in [3.63, 3.8) is 0 Å². The standard InChI is InChI=1S/C14H11N5/c15-9-11-2-1-3-12(8-11)10-17-14-13-4-5-18-19(13)7-6-16-14/h1-8H,10H2,(H,16,17). The first-order chi connectivity index (χ1) is 9.36. The summed E-state index contributed by atoms with van der Waals surface area (Å²) < 4.78 is 1.76. The number of fused-ring (bicyclic) bond motifs is 1. The number of hydrogen-bond acceptors (Lipinski definition) is 4. The Morgan fingerprint density at radius 1 is 1.26 bits per heavy atom. The molecular formula is C14H11N5. The third-order valence-electron chi connectivity index (χ3n) is 2.84. The molecule has 2 aromatic heterocycles. The fraction of sp³-hybridized carbons (Fsp3) is 0.0714. The van der Waals surface area contributed by atoms with Crippen molar-refractivity contribution in [3.8, 4) is 6.07 Å². The van der Waals surface area contributed by atoms with Crippen molar-refractivity contribution < 1.29 is 0 Å². The van der Waals surface area contributed by atoms with Crippen molar-refractivity contribution in [2.75, 3.05) is 5.32 Å².